The fourth-order valence-corrected chi connectivity index (χ4v) is 2.03. The first-order valence-electron chi connectivity index (χ1n) is 6.00. The number of carbonyl (C=O) groups is 1. The van der Waals surface area contributed by atoms with Gasteiger partial charge in [-0.3, -0.25) is 4.79 Å². The van der Waals surface area contributed by atoms with Gasteiger partial charge < -0.3 is 16.8 Å². The van der Waals surface area contributed by atoms with E-state index in [1.165, 1.54) is 11.1 Å². The highest BCUT2D eigenvalue weighted by Gasteiger charge is 2.05. The lowest BCUT2D eigenvalue weighted by Gasteiger charge is -2.11. The minimum absolute atomic E-state index is 0.406. The van der Waals surface area contributed by atoms with Crippen LogP contribution < -0.4 is 16.8 Å². The minimum atomic E-state index is -0.482. The van der Waals surface area contributed by atoms with Crippen LogP contribution >= 0.6 is 0 Å². The number of amides is 1. The van der Waals surface area contributed by atoms with Crippen molar-refractivity contribution in [2.24, 2.45) is 5.73 Å². The monoisotopic (exact) mass is 255 g/mol. The van der Waals surface area contributed by atoms with Gasteiger partial charge in [-0.15, -0.1) is 0 Å². The number of nitrogens with one attached hydrogen (secondary N) is 1. The van der Waals surface area contributed by atoms with Gasteiger partial charge in [0.25, 0.3) is 0 Å². The van der Waals surface area contributed by atoms with Gasteiger partial charge in [0.05, 0.1) is 11.4 Å². The van der Waals surface area contributed by atoms with Gasteiger partial charge in [0, 0.05) is 11.3 Å². The second-order valence-corrected chi connectivity index (χ2v) is 4.67. The first-order chi connectivity index (χ1) is 8.95. The van der Waals surface area contributed by atoms with E-state index in [-0.39, 0.29) is 0 Å². The Balaban J connectivity index is 2.30. The molecule has 0 aliphatic rings. The highest BCUT2D eigenvalue weighted by atomic mass is 16.1. The molecule has 0 saturated carbocycles. The van der Waals surface area contributed by atoms with Gasteiger partial charge in [0.2, 0.25) is 5.91 Å². The maximum atomic E-state index is 11.1. The van der Waals surface area contributed by atoms with Crippen LogP contribution in [0.4, 0.5) is 17.1 Å². The van der Waals surface area contributed by atoms with Gasteiger partial charge in [-0.25, -0.2) is 0 Å². The Hall–Kier alpha value is -2.49. The second-order valence-electron chi connectivity index (χ2n) is 4.67. The molecule has 0 atom stereocenters. The number of nitrogens with two attached hydrogens (primary N) is 2. The summed E-state index contributed by atoms with van der Waals surface area (Å²) in [6.07, 6.45) is 0. The molecule has 0 aliphatic heterocycles. The number of primary amides is 1. The molecule has 0 spiro atoms. The molecule has 4 nitrogen and oxygen atoms in total. The van der Waals surface area contributed by atoms with Gasteiger partial charge in [0.1, 0.15) is 0 Å². The topological polar surface area (TPSA) is 81.1 Å². The predicted octanol–water partition coefficient (Wildman–Crippen LogP) is 2.73. The Morgan fingerprint density at radius 1 is 1.05 bits per heavy atom. The fourth-order valence-electron chi connectivity index (χ4n) is 2.03. The van der Waals surface area contributed by atoms with Gasteiger partial charge in [-0.1, -0.05) is 6.07 Å². The third-order valence-corrected chi connectivity index (χ3v) is 2.84. The number of carbonyl (C=O) groups excluding carboxylic acids is 1. The quantitative estimate of drug-likeness (QED) is 0.737. The van der Waals surface area contributed by atoms with E-state index >= 15 is 0 Å². The summed E-state index contributed by atoms with van der Waals surface area (Å²) in [5, 5.41) is 3.24. The number of rotatable bonds is 3. The molecule has 19 heavy (non-hydrogen) atoms. The van der Waals surface area contributed by atoms with Crippen LogP contribution in [0.1, 0.15) is 21.5 Å². The fraction of sp³-hybridized carbons (Fsp3) is 0.133. The molecule has 0 radical (unpaired) electrons. The van der Waals surface area contributed by atoms with E-state index in [0.717, 1.165) is 11.4 Å². The summed E-state index contributed by atoms with van der Waals surface area (Å²) in [5.74, 6) is -0.482. The van der Waals surface area contributed by atoms with E-state index in [1.807, 2.05) is 26.0 Å². The van der Waals surface area contributed by atoms with Crippen molar-refractivity contribution >= 4 is 23.0 Å². The summed E-state index contributed by atoms with van der Waals surface area (Å²) in [6.45, 7) is 4.08. The Kier molecular flexibility index (Phi) is 3.42. The van der Waals surface area contributed by atoms with E-state index in [2.05, 4.69) is 11.4 Å². The molecule has 4 heteroatoms. The number of anilines is 3. The zero-order valence-electron chi connectivity index (χ0n) is 11.0. The summed E-state index contributed by atoms with van der Waals surface area (Å²) in [5.41, 5.74) is 16.1. The Morgan fingerprint density at radius 3 is 2.21 bits per heavy atom. The molecule has 0 unspecified atom stereocenters. The smallest absolute Gasteiger partial charge is 0.248 e. The molecule has 0 saturated heterocycles. The summed E-state index contributed by atoms with van der Waals surface area (Å²) < 4.78 is 0. The molecule has 5 N–H and O–H groups in total. The van der Waals surface area contributed by atoms with Gasteiger partial charge in [-0.2, -0.15) is 0 Å². The average Bonchev–Trinajstić information content (AvgIpc) is 2.30. The van der Waals surface area contributed by atoms with E-state index in [4.69, 9.17) is 11.5 Å². The van der Waals surface area contributed by atoms with Crippen molar-refractivity contribution in [2.75, 3.05) is 11.1 Å². The molecular formula is C15H17N3O. The Morgan fingerprint density at radius 2 is 1.68 bits per heavy atom. The van der Waals surface area contributed by atoms with E-state index in [9.17, 15) is 4.79 Å². The molecule has 98 valence electrons. The molecule has 1 amide bonds. The van der Waals surface area contributed by atoms with E-state index in [1.54, 1.807) is 18.2 Å². The van der Waals surface area contributed by atoms with Gasteiger partial charge in [0.15, 0.2) is 0 Å². The molecule has 0 aliphatic carbocycles. The first kappa shape index (κ1) is 13.0. The predicted molar refractivity (Wildman–Crippen MR) is 78.6 cm³/mol. The van der Waals surface area contributed by atoms with E-state index < -0.39 is 5.91 Å². The summed E-state index contributed by atoms with van der Waals surface area (Å²) >= 11 is 0. The van der Waals surface area contributed by atoms with Crippen LogP contribution in [0.3, 0.4) is 0 Å². The van der Waals surface area contributed by atoms with Crippen molar-refractivity contribution in [3.8, 4) is 0 Å². The maximum absolute atomic E-state index is 11.1. The van der Waals surface area contributed by atoms with Crippen molar-refractivity contribution in [3.63, 3.8) is 0 Å². The number of benzene rings is 2. The highest BCUT2D eigenvalue weighted by molar-refractivity contribution is 5.95. The normalized spacial score (nSPS) is 10.2. The lowest BCUT2D eigenvalue weighted by Crippen LogP contribution is -2.11. The largest absolute Gasteiger partial charge is 0.397 e. The zero-order valence-corrected chi connectivity index (χ0v) is 11.0. The van der Waals surface area contributed by atoms with Crippen molar-refractivity contribution in [1.29, 1.82) is 0 Å². The SMILES string of the molecule is Cc1cc(C)cc(Nc2ccc(C(N)=O)cc2N)c1. The average molecular weight is 255 g/mol. The number of aryl methyl sites for hydroxylation is 2. The summed E-state index contributed by atoms with van der Waals surface area (Å²) in [4.78, 5) is 11.1. The van der Waals surface area contributed by atoms with Crippen molar-refractivity contribution in [1.82, 2.24) is 0 Å². The van der Waals surface area contributed by atoms with Crippen LogP contribution in [-0.4, -0.2) is 5.91 Å². The van der Waals surface area contributed by atoms with E-state index in [0.29, 0.717) is 11.3 Å². The summed E-state index contributed by atoms with van der Waals surface area (Å²) in [7, 11) is 0. The second kappa shape index (κ2) is 5.02. The number of hydrogen-bond donors (Lipinski definition) is 3. The molecule has 0 aromatic heterocycles. The molecule has 2 rings (SSSR count). The lowest BCUT2D eigenvalue weighted by molar-refractivity contribution is 0.100. The maximum Gasteiger partial charge on any atom is 0.248 e. The zero-order chi connectivity index (χ0) is 14.0. The van der Waals surface area contributed by atoms with Gasteiger partial charge in [-0.05, 0) is 55.3 Å². The molecule has 2 aromatic rings. The van der Waals surface area contributed by atoms with Crippen LogP contribution in [0.15, 0.2) is 36.4 Å². The van der Waals surface area contributed by atoms with Crippen LogP contribution in [0.25, 0.3) is 0 Å². The number of nitrogen functional groups attached to an aromatic ring is 1. The molecule has 2 aromatic carbocycles. The van der Waals surface area contributed by atoms with Crippen molar-refractivity contribution in [2.45, 2.75) is 13.8 Å². The molecule has 0 fully saturated rings. The standard InChI is InChI=1S/C15H17N3O/c1-9-5-10(2)7-12(6-9)18-14-4-3-11(15(17)19)8-13(14)16/h3-8,18H,16H2,1-2H3,(H2,17,19). The highest BCUT2D eigenvalue weighted by Crippen LogP contribution is 2.25. The van der Waals surface area contributed by atoms with Crippen LogP contribution in [-0.2, 0) is 0 Å². The Labute approximate surface area is 112 Å². The molecule has 0 bridgehead atoms. The van der Waals surface area contributed by atoms with Gasteiger partial charge >= 0.3 is 0 Å². The lowest BCUT2D eigenvalue weighted by atomic mass is 10.1. The third-order valence-electron chi connectivity index (χ3n) is 2.84. The van der Waals surface area contributed by atoms with Crippen LogP contribution in [0, 0.1) is 13.8 Å². The third kappa shape index (κ3) is 3.04. The van der Waals surface area contributed by atoms with Crippen molar-refractivity contribution < 1.29 is 4.79 Å². The molecule has 0 heterocycles. The molecular weight excluding hydrogens is 238 g/mol. The van der Waals surface area contributed by atoms with Crippen LogP contribution in [0.5, 0.6) is 0 Å². The van der Waals surface area contributed by atoms with Crippen LogP contribution in [0.2, 0.25) is 0 Å². The Bertz CT molecular complexity index is 615. The van der Waals surface area contributed by atoms with Crippen molar-refractivity contribution in [3.05, 3.63) is 53.1 Å². The minimum Gasteiger partial charge on any atom is -0.397 e. The first-order valence-corrected chi connectivity index (χ1v) is 6.00. The number of hydrogen-bond acceptors (Lipinski definition) is 3. The summed E-state index contributed by atoms with van der Waals surface area (Å²) in [6, 6.07) is 11.2.